The van der Waals surface area contributed by atoms with Crippen molar-refractivity contribution in [1.29, 1.82) is 0 Å². The van der Waals surface area contributed by atoms with Crippen LogP contribution in [0.4, 0.5) is 5.82 Å². The first-order valence-electron chi connectivity index (χ1n) is 9.40. The number of nitrogen functional groups attached to an aromatic ring is 1. The summed E-state index contributed by atoms with van der Waals surface area (Å²) in [7, 11) is 0. The standard InChI is InChI=1S/C21H23N5O2/c22-20-18(13-6-2-1-3-7-13)19(25-26-20)21(28)24-17(14-10-16(27)11-14)12-15-8-4-5-9-23-15/h1-9,14,16-17,27H,10-12H2,(H,24,28)(H3,22,25,26)/t14?,16?,17-/m0/s1. The van der Waals surface area contributed by atoms with Gasteiger partial charge in [0.05, 0.1) is 11.7 Å². The number of nitrogens with zero attached hydrogens (tertiary/aromatic N) is 2. The Morgan fingerprint density at radius 1 is 1.21 bits per heavy atom. The number of carbonyl (C=O) groups excluding carboxylic acids is 1. The van der Waals surface area contributed by atoms with Gasteiger partial charge in [0.15, 0.2) is 5.82 Å². The second kappa shape index (κ2) is 7.82. The number of pyridine rings is 1. The van der Waals surface area contributed by atoms with Crippen molar-refractivity contribution in [2.45, 2.75) is 31.4 Å². The molecule has 0 aliphatic heterocycles. The average molecular weight is 377 g/mol. The largest absolute Gasteiger partial charge is 0.393 e. The van der Waals surface area contributed by atoms with E-state index in [2.05, 4.69) is 20.5 Å². The van der Waals surface area contributed by atoms with E-state index in [-0.39, 0.29) is 29.8 Å². The second-order valence-corrected chi connectivity index (χ2v) is 7.22. The monoisotopic (exact) mass is 377 g/mol. The van der Waals surface area contributed by atoms with Crippen LogP contribution < -0.4 is 11.1 Å². The maximum Gasteiger partial charge on any atom is 0.270 e. The number of aromatic amines is 1. The average Bonchev–Trinajstić information content (AvgIpc) is 3.08. The number of aliphatic hydroxyl groups excluding tert-OH is 1. The van der Waals surface area contributed by atoms with E-state index in [9.17, 15) is 9.90 Å². The molecule has 0 unspecified atom stereocenters. The SMILES string of the molecule is Nc1n[nH]c(C(=O)N[C@@H](Cc2ccccn2)C2CC(O)C2)c1-c1ccccc1. The van der Waals surface area contributed by atoms with Crippen molar-refractivity contribution in [2.24, 2.45) is 5.92 Å². The Bertz CT molecular complexity index is 936. The Morgan fingerprint density at radius 2 is 1.96 bits per heavy atom. The molecule has 2 heterocycles. The lowest BCUT2D eigenvalue weighted by Gasteiger charge is -2.38. The van der Waals surface area contributed by atoms with E-state index in [0.717, 1.165) is 11.3 Å². The Hall–Kier alpha value is -3.19. The second-order valence-electron chi connectivity index (χ2n) is 7.22. The minimum atomic E-state index is -0.296. The Morgan fingerprint density at radius 3 is 2.64 bits per heavy atom. The molecule has 0 spiro atoms. The zero-order valence-electron chi connectivity index (χ0n) is 15.4. The van der Waals surface area contributed by atoms with E-state index in [1.54, 1.807) is 6.20 Å². The summed E-state index contributed by atoms with van der Waals surface area (Å²) in [6.07, 6.45) is 3.40. The predicted octanol–water partition coefficient (Wildman–Crippen LogP) is 2.17. The zero-order chi connectivity index (χ0) is 19.5. The lowest BCUT2D eigenvalue weighted by molar-refractivity contribution is 0.0237. The van der Waals surface area contributed by atoms with Gasteiger partial charge in [0.25, 0.3) is 5.91 Å². The molecule has 28 heavy (non-hydrogen) atoms. The molecular weight excluding hydrogens is 354 g/mol. The fourth-order valence-corrected chi connectivity index (χ4v) is 3.70. The van der Waals surface area contributed by atoms with Crippen LogP contribution in [-0.4, -0.2) is 38.3 Å². The number of aliphatic hydroxyl groups is 1. The number of hydrogen-bond acceptors (Lipinski definition) is 5. The van der Waals surface area contributed by atoms with Crippen LogP contribution in [0.15, 0.2) is 54.7 Å². The highest BCUT2D eigenvalue weighted by Crippen LogP contribution is 2.32. The summed E-state index contributed by atoms with van der Waals surface area (Å²) in [6, 6.07) is 15.1. The van der Waals surface area contributed by atoms with Crippen molar-refractivity contribution < 1.29 is 9.90 Å². The van der Waals surface area contributed by atoms with Gasteiger partial charge < -0.3 is 16.2 Å². The fraction of sp³-hybridized carbons (Fsp3) is 0.286. The molecule has 7 nitrogen and oxygen atoms in total. The van der Waals surface area contributed by atoms with Gasteiger partial charge >= 0.3 is 0 Å². The summed E-state index contributed by atoms with van der Waals surface area (Å²) in [5, 5.41) is 19.6. The molecule has 1 aromatic carbocycles. The van der Waals surface area contributed by atoms with E-state index in [0.29, 0.717) is 30.5 Å². The van der Waals surface area contributed by atoms with Gasteiger partial charge in [-0.1, -0.05) is 36.4 Å². The zero-order valence-corrected chi connectivity index (χ0v) is 15.4. The third-order valence-electron chi connectivity index (χ3n) is 5.27. The van der Waals surface area contributed by atoms with Gasteiger partial charge in [0.2, 0.25) is 0 Å². The summed E-state index contributed by atoms with van der Waals surface area (Å²) >= 11 is 0. The topological polar surface area (TPSA) is 117 Å². The molecule has 1 saturated carbocycles. The van der Waals surface area contributed by atoms with Crippen LogP contribution in [0.1, 0.15) is 29.0 Å². The number of hydrogen-bond donors (Lipinski definition) is 4. The number of nitrogens with two attached hydrogens (primary N) is 1. The maximum absolute atomic E-state index is 13.1. The molecule has 0 radical (unpaired) electrons. The predicted molar refractivity (Wildman–Crippen MR) is 106 cm³/mol. The van der Waals surface area contributed by atoms with Crippen molar-refractivity contribution >= 4 is 11.7 Å². The minimum Gasteiger partial charge on any atom is -0.393 e. The molecule has 7 heteroatoms. The van der Waals surface area contributed by atoms with Crippen LogP contribution in [-0.2, 0) is 6.42 Å². The van der Waals surface area contributed by atoms with Crippen molar-refractivity contribution in [3.63, 3.8) is 0 Å². The number of amides is 1. The Kier molecular flexibility index (Phi) is 5.08. The van der Waals surface area contributed by atoms with Gasteiger partial charge in [-0.2, -0.15) is 5.10 Å². The summed E-state index contributed by atoms with van der Waals surface area (Å²) in [5.41, 5.74) is 8.69. The number of nitrogens with one attached hydrogen (secondary N) is 2. The molecule has 5 N–H and O–H groups in total. The number of H-pyrrole nitrogens is 1. The van der Waals surface area contributed by atoms with E-state index in [4.69, 9.17) is 5.73 Å². The van der Waals surface area contributed by atoms with Gasteiger partial charge in [-0.15, -0.1) is 0 Å². The van der Waals surface area contributed by atoms with Crippen LogP contribution in [0.3, 0.4) is 0 Å². The molecule has 144 valence electrons. The molecule has 1 atom stereocenters. The van der Waals surface area contributed by atoms with Crippen LogP contribution >= 0.6 is 0 Å². The Labute approximate surface area is 163 Å². The Balaban J connectivity index is 1.57. The molecule has 1 aliphatic carbocycles. The van der Waals surface area contributed by atoms with Gasteiger partial charge in [0, 0.05) is 24.4 Å². The molecule has 0 bridgehead atoms. The number of aromatic nitrogens is 3. The first-order chi connectivity index (χ1) is 13.6. The third-order valence-corrected chi connectivity index (χ3v) is 5.27. The quantitative estimate of drug-likeness (QED) is 0.525. The molecule has 1 fully saturated rings. The number of carbonyl (C=O) groups is 1. The van der Waals surface area contributed by atoms with E-state index < -0.39 is 0 Å². The van der Waals surface area contributed by atoms with Gasteiger partial charge in [0.1, 0.15) is 5.69 Å². The number of benzene rings is 1. The minimum absolute atomic E-state index is 0.126. The molecular formula is C21H23N5O2. The highest BCUT2D eigenvalue weighted by atomic mass is 16.3. The molecule has 1 aliphatic rings. The van der Waals surface area contributed by atoms with Crippen molar-refractivity contribution in [3.8, 4) is 11.1 Å². The number of anilines is 1. The molecule has 4 rings (SSSR count). The van der Waals surface area contributed by atoms with Gasteiger partial charge in [-0.25, -0.2) is 0 Å². The summed E-state index contributed by atoms with van der Waals surface area (Å²) in [5.74, 6) is 0.239. The fourth-order valence-electron chi connectivity index (χ4n) is 3.70. The van der Waals surface area contributed by atoms with Crippen LogP contribution in [0.25, 0.3) is 11.1 Å². The molecule has 1 amide bonds. The highest BCUT2D eigenvalue weighted by molar-refractivity contribution is 6.01. The van der Waals surface area contributed by atoms with E-state index in [1.807, 2.05) is 48.5 Å². The lowest BCUT2D eigenvalue weighted by Crippen LogP contribution is -2.48. The van der Waals surface area contributed by atoms with Crippen LogP contribution in [0, 0.1) is 5.92 Å². The van der Waals surface area contributed by atoms with E-state index in [1.165, 1.54) is 0 Å². The third kappa shape index (κ3) is 3.75. The summed E-state index contributed by atoms with van der Waals surface area (Å²) in [4.78, 5) is 17.4. The first-order valence-corrected chi connectivity index (χ1v) is 9.40. The normalized spacial score (nSPS) is 19.6. The summed E-state index contributed by atoms with van der Waals surface area (Å²) < 4.78 is 0. The molecule has 2 aromatic heterocycles. The van der Waals surface area contributed by atoms with Crippen molar-refractivity contribution in [1.82, 2.24) is 20.5 Å². The number of rotatable bonds is 6. The molecule has 0 saturated heterocycles. The van der Waals surface area contributed by atoms with Gasteiger partial charge in [-0.05, 0) is 36.5 Å². The van der Waals surface area contributed by atoms with Crippen molar-refractivity contribution in [3.05, 3.63) is 66.1 Å². The van der Waals surface area contributed by atoms with Crippen molar-refractivity contribution in [2.75, 3.05) is 5.73 Å². The first kappa shape index (κ1) is 18.2. The van der Waals surface area contributed by atoms with E-state index >= 15 is 0 Å². The molecule has 3 aromatic rings. The smallest absolute Gasteiger partial charge is 0.270 e. The van der Waals surface area contributed by atoms with Crippen LogP contribution in [0.5, 0.6) is 0 Å². The maximum atomic E-state index is 13.1. The van der Waals surface area contributed by atoms with Crippen LogP contribution in [0.2, 0.25) is 0 Å². The van der Waals surface area contributed by atoms with Gasteiger partial charge in [-0.3, -0.25) is 14.9 Å². The highest BCUT2D eigenvalue weighted by Gasteiger charge is 2.35. The summed E-state index contributed by atoms with van der Waals surface area (Å²) in [6.45, 7) is 0. The lowest BCUT2D eigenvalue weighted by atomic mass is 9.76.